The van der Waals surface area contributed by atoms with Crippen molar-refractivity contribution in [3.8, 4) is 0 Å². The fourth-order valence-corrected chi connectivity index (χ4v) is 0.782. The highest BCUT2D eigenvalue weighted by Gasteiger charge is 1.93. The van der Waals surface area contributed by atoms with Gasteiger partial charge in [-0.15, -0.1) is 0 Å². The first-order valence-electron chi connectivity index (χ1n) is 4.82. The molecule has 1 aromatic carbocycles. The van der Waals surface area contributed by atoms with E-state index in [-0.39, 0.29) is 19.1 Å². The molecule has 1 aromatic rings. The lowest BCUT2D eigenvalue weighted by Gasteiger charge is -1.98. The second kappa shape index (κ2) is 8.84. The van der Waals surface area contributed by atoms with E-state index in [0.717, 1.165) is 5.69 Å². The van der Waals surface area contributed by atoms with Crippen molar-refractivity contribution in [2.75, 3.05) is 18.5 Å². The molecule has 0 aromatic heterocycles. The molecular weight excluding hydrogens is 210 g/mol. The number of para-hydroxylation sites is 1. The largest absolute Gasteiger partial charge is 0.394 e. The molecular formula is C11H17NO4. The Morgan fingerprint density at radius 1 is 1.25 bits per heavy atom. The Morgan fingerprint density at radius 2 is 1.75 bits per heavy atom. The number of rotatable bonds is 3. The Bertz CT molecular complexity index is 285. The molecule has 4 N–H and O–H groups in total. The third-order valence-electron chi connectivity index (χ3n) is 1.52. The summed E-state index contributed by atoms with van der Waals surface area (Å²) in [6.45, 7) is 0.764. The molecule has 0 bridgehead atoms. The minimum absolute atomic E-state index is 0.0359. The van der Waals surface area contributed by atoms with Crippen LogP contribution in [-0.2, 0) is 4.79 Å². The standard InChI is InChI=1S/C8H9NO.C3H8O3/c1-7(10)9-8-5-3-2-4-6-8;4-1-3(6)2-5/h2-6H,1H3,(H,9,10);3-6H,1-2H2. The molecule has 0 aliphatic carbocycles. The molecule has 0 radical (unpaired) electrons. The average Bonchev–Trinajstić information content (AvgIpc) is 2.29. The van der Waals surface area contributed by atoms with Crippen molar-refractivity contribution < 1.29 is 20.1 Å². The van der Waals surface area contributed by atoms with Crippen molar-refractivity contribution in [1.29, 1.82) is 0 Å². The minimum atomic E-state index is -0.954. The second-order valence-electron chi connectivity index (χ2n) is 3.07. The van der Waals surface area contributed by atoms with Gasteiger partial charge < -0.3 is 20.6 Å². The summed E-state index contributed by atoms with van der Waals surface area (Å²) in [5, 5.41) is 26.7. The van der Waals surface area contributed by atoms with Crippen molar-refractivity contribution in [3.63, 3.8) is 0 Å². The van der Waals surface area contributed by atoms with Crippen molar-refractivity contribution in [2.45, 2.75) is 13.0 Å². The van der Waals surface area contributed by atoms with E-state index in [1.807, 2.05) is 30.3 Å². The first kappa shape index (κ1) is 14.6. The van der Waals surface area contributed by atoms with Crippen molar-refractivity contribution in [3.05, 3.63) is 30.3 Å². The van der Waals surface area contributed by atoms with E-state index < -0.39 is 6.10 Å². The number of amides is 1. The van der Waals surface area contributed by atoms with Crippen LogP contribution in [-0.4, -0.2) is 40.5 Å². The molecule has 0 spiro atoms. The van der Waals surface area contributed by atoms with Crippen molar-refractivity contribution in [1.82, 2.24) is 0 Å². The van der Waals surface area contributed by atoms with Crippen LogP contribution < -0.4 is 5.32 Å². The van der Waals surface area contributed by atoms with E-state index in [0.29, 0.717) is 0 Å². The summed E-state index contributed by atoms with van der Waals surface area (Å²) < 4.78 is 0. The highest BCUT2D eigenvalue weighted by molar-refractivity contribution is 5.88. The van der Waals surface area contributed by atoms with E-state index in [9.17, 15) is 4.79 Å². The van der Waals surface area contributed by atoms with Gasteiger partial charge in [0, 0.05) is 12.6 Å². The van der Waals surface area contributed by atoms with Crippen LogP contribution in [0.15, 0.2) is 30.3 Å². The monoisotopic (exact) mass is 227 g/mol. The zero-order valence-corrected chi connectivity index (χ0v) is 9.13. The maximum atomic E-state index is 10.5. The number of benzene rings is 1. The van der Waals surface area contributed by atoms with Gasteiger partial charge in [0.15, 0.2) is 0 Å². The molecule has 0 unspecified atom stereocenters. The number of aliphatic hydroxyl groups excluding tert-OH is 3. The molecule has 0 saturated heterocycles. The van der Waals surface area contributed by atoms with Crippen LogP contribution >= 0.6 is 0 Å². The van der Waals surface area contributed by atoms with Gasteiger partial charge in [0.2, 0.25) is 5.91 Å². The van der Waals surface area contributed by atoms with Gasteiger partial charge >= 0.3 is 0 Å². The molecule has 1 amide bonds. The van der Waals surface area contributed by atoms with Gasteiger partial charge in [0.1, 0.15) is 6.10 Å². The van der Waals surface area contributed by atoms with E-state index in [1.54, 1.807) is 0 Å². The van der Waals surface area contributed by atoms with Crippen LogP contribution in [0.1, 0.15) is 6.92 Å². The lowest BCUT2D eigenvalue weighted by Crippen LogP contribution is -2.15. The van der Waals surface area contributed by atoms with Crippen LogP contribution in [0.2, 0.25) is 0 Å². The fraction of sp³-hybridized carbons (Fsp3) is 0.364. The smallest absolute Gasteiger partial charge is 0.221 e. The second-order valence-corrected chi connectivity index (χ2v) is 3.07. The van der Waals surface area contributed by atoms with Gasteiger partial charge in [-0.2, -0.15) is 0 Å². The topological polar surface area (TPSA) is 89.8 Å². The average molecular weight is 227 g/mol. The quantitative estimate of drug-likeness (QED) is 0.584. The van der Waals surface area contributed by atoms with Crippen LogP contribution in [0.3, 0.4) is 0 Å². The maximum Gasteiger partial charge on any atom is 0.221 e. The fourth-order valence-electron chi connectivity index (χ4n) is 0.782. The van der Waals surface area contributed by atoms with Crippen LogP contribution in [0, 0.1) is 0 Å². The summed E-state index contributed by atoms with van der Waals surface area (Å²) in [6, 6.07) is 9.37. The van der Waals surface area contributed by atoms with E-state index in [4.69, 9.17) is 15.3 Å². The Kier molecular flexibility index (Phi) is 8.05. The predicted molar refractivity (Wildman–Crippen MR) is 60.9 cm³/mol. The Morgan fingerprint density at radius 3 is 2.06 bits per heavy atom. The molecule has 90 valence electrons. The molecule has 0 heterocycles. The molecule has 5 nitrogen and oxygen atoms in total. The highest BCUT2D eigenvalue weighted by Crippen LogP contribution is 2.03. The Balaban J connectivity index is 0.000000325. The Labute approximate surface area is 94.4 Å². The summed E-state index contributed by atoms with van der Waals surface area (Å²) in [7, 11) is 0. The third-order valence-corrected chi connectivity index (χ3v) is 1.52. The summed E-state index contributed by atoms with van der Waals surface area (Å²) >= 11 is 0. The molecule has 0 fully saturated rings. The summed E-state index contributed by atoms with van der Waals surface area (Å²) in [6.07, 6.45) is -0.954. The number of nitrogens with one attached hydrogen (secondary N) is 1. The van der Waals surface area contributed by atoms with Gasteiger partial charge in [0.25, 0.3) is 0 Å². The molecule has 0 saturated carbocycles. The van der Waals surface area contributed by atoms with Gasteiger partial charge in [-0.25, -0.2) is 0 Å². The van der Waals surface area contributed by atoms with Crippen LogP contribution in [0.4, 0.5) is 5.69 Å². The molecule has 0 aliphatic rings. The zero-order chi connectivity index (χ0) is 12.4. The molecule has 16 heavy (non-hydrogen) atoms. The van der Waals surface area contributed by atoms with Crippen molar-refractivity contribution in [2.24, 2.45) is 0 Å². The van der Waals surface area contributed by atoms with Gasteiger partial charge in [0.05, 0.1) is 13.2 Å². The third kappa shape index (κ3) is 7.93. The lowest BCUT2D eigenvalue weighted by molar-refractivity contribution is -0.114. The first-order valence-corrected chi connectivity index (χ1v) is 4.82. The summed E-state index contributed by atoms with van der Waals surface area (Å²) in [5.41, 5.74) is 0.843. The number of carbonyl (C=O) groups excluding carboxylic acids is 1. The van der Waals surface area contributed by atoms with E-state index in [1.165, 1.54) is 6.92 Å². The van der Waals surface area contributed by atoms with Gasteiger partial charge in [-0.1, -0.05) is 18.2 Å². The normalized spacial score (nSPS) is 9.31. The van der Waals surface area contributed by atoms with Gasteiger partial charge in [-0.05, 0) is 12.1 Å². The molecule has 5 heteroatoms. The lowest BCUT2D eigenvalue weighted by atomic mass is 10.3. The van der Waals surface area contributed by atoms with E-state index in [2.05, 4.69) is 5.32 Å². The first-order chi connectivity index (χ1) is 7.60. The predicted octanol–water partition coefficient (Wildman–Crippen LogP) is -0.0231. The molecule has 0 atom stereocenters. The number of hydrogen-bond acceptors (Lipinski definition) is 4. The zero-order valence-electron chi connectivity index (χ0n) is 9.13. The van der Waals surface area contributed by atoms with Gasteiger partial charge in [-0.3, -0.25) is 4.79 Å². The SMILES string of the molecule is CC(=O)Nc1ccccc1.OCC(O)CO. The Hall–Kier alpha value is -1.43. The summed E-state index contributed by atoms with van der Waals surface area (Å²) in [5.74, 6) is -0.0359. The van der Waals surface area contributed by atoms with Crippen LogP contribution in [0.5, 0.6) is 0 Å². The minimum Gasteiger partial charge on any atom is -0.394 e. The van der Waals surface area contributed by atoms with Crippen molar-refractivity contribution >= 4 is 11.6 Å². The number of aliphatic hydroxyl groups is 3. The van der Waals surface area contributed by atoms with Crippen LogP contribution in [0.25, 0.3) is 0 Å². The summed E-state index contributed by atoms with van der Waals surface area (Å²) in [4.78, 5) is 10.5. The maximum absolute atomic E-state index is 10.5. The molecule has 0 aliphatic heterocycles. The number of anilines is 1. The number of hydrogen-bond donors (Lipinski definition) is 4. The van der Waals surface area contributed by atoms with E-state index >= 15 is 0 Å². The number of carbonyl (C=O) groups is 1. The highest BCUT2D eigenvalue weighted by atomic mass is 16.3. The molecule has 1 rings (SSSR count).